The molecule has 2 atom stereocenters. The minimum absolute atomic E-state index is 0.0119. The van der Waals surface area contributed by atoms with Crippen LogP contribution in [0.5, 0.6) is 5.75 Å². The maximum Gasteiger partial charge on any atom is 0.281 e. The van der Waals surface area contributed by atoms with Gasteiger partial charge in [0, 0.05) is 18.5 Å². The van der Waals surface area contributed by atoms with E-state index in [4.69, 9.17) is 23.2 Å². The van der Waals surface area contributed by atoms with Crippen molar-refractivity contribution in [3.05, 3.63) is 61.1 Å². The zero-order valence-electron chi connectivity index (χ0n) is 17.7. The molecular formula is C22H19Cl2N3O5S2. The van der Waals surface area contributed by atoms with E-state index in [2.05, 4.69) is 10.5 Å². The molecule has 2 amide bonds. The molecule has 1 aliphatic heterocycles. The number of nitrogens with one attached hydrogen (secondary N) is 1. The normalized spacial score (nSPS) is 18.4. The molecule has 2 aromatic heterocycles. The van der Waals surface area contributed by atoms with Crippen molar-refractivity contribution in [1.29, 1.82) is 0 Å². The number of halogens is 2. The molecule has 3 heterocycles. The van der Waals surface area contributed by atoms with Crippen molar-refractivity contribution in [2.75, 3.05) is 13.1 Å². The molecule has 0 spiro atoms. The van der Waals surface area contributed by atoms with Crippen molar-refractivity contribution in [3.8, 4) is 16.2 Å². The van der Waals surface area contributed by atoms with E-state index < -0.39 is 18.1 Å². The van der Waals surface area contributed by atoms with Crippen LogP contribution in [0, 0.1) is 0 Å². The molecule has 1 aliphatic rings. The second-order valence-electron chi connectivity index (χ2n) is 7.60. The fourth-order valence-electron chi connectivity index (χ4n) is 3.37. The van der Waals surface area contributed by atoms with E-state index >= 15 is 0 Å². The number of benzene rings is 1. The number of aromatic hydroxyl groups is 1. The molecule has 4 N–H and O–H groups in total. The summed E-state index contributed by atoms with van der Waals surface area (Å²) in [5.41, 5.74) is 3.99. The van der Waals surface area contributed by atoms with Crippen LogP contribution in [-0.2, 0) is 0 Å². The first-order valence-corrected chi connectivity index (χ1v) is 12.5. The lowest BCUT2D eigenvalue weighted by atomic mass is 10.1. The number of nitrogens with zero attached hydrogens (tertiary/aromatic N) is 2. The summed E-state index contributed by atoms with van der Waals surface area (Å²) >= 11 is 14.3. The summed E-state index contributed by atoms with van der Waals surface area (Å²) in [6.45, 7) is 1.72. The first kappa shape index (κ1) is 24.6. The number of carbonyl (C=O) groups is 2. The van der Waals surface area contributed by atoms with Crippen LogP contribution in [0.25, 0.3) is 10.4 Å². The largest absolute Gasteiger partial charge is 0.506 e. The van der Waals surface area contributed by atoms with Gasteiger partial charge in [0.1, 0.15) is 5.75 Å². The Morgan fingerprint density at radius 2 is 1.76 bits per heavy atom. The summed E-state index contributed by atoms with van der Waals surface area (Å²) in [6.07, 6.45) is -1.95. The number of aliphatic hydroxyl groups excluding tert-OH is 2. The van der Waals surface area contributed by atoms with Gasteiger partial charge in [0.05, 0.1) is 48.2 Å². The smallest absolute Gasteiger partial charge is 0.281 e. The molecular weight excluding hydrogens is 521 g/mol. The van der Waals surface area contributed by atoms with E-state index in [0.29, 0.717) is 36.6 Å². The Morgan fingerprint density at radius 3 is 2.44 bits per heavy atom. The molecule has 1 saturated heterocycles. The standard InChI is InChI=1S/C22H19Cl2N3O5S2/c1-10(12-9-33-20(19(12)30)11-2-3-13(23)14(24)6-11)25-26-21(31)17-4-5-18(34-17)22(32)27-7-15(28)16(29)8-27/h2-6,9,15-16,28-30H,7-8H2,1H3,(H,26,31)/b25-10+. The molecule has 178 valence electrons. The number of rotatable bonds is 5. The summed E-state index contributed by atoms with van der Waals surface area (Å²) in [4.78, 5) is 27.6. The molecule has 1 aromatic carbocycles. The van der Waals surface area contributed by atoms with Gasteiger partial charge in [0.15, 0.2) is 0 Å². The van der Waals surface area contributed by atoms with Crippen LogP contribution in [-0.4, -0.2) is 63.0 Å². The highest BCUT2D eigenvalue weighted by molar-refractivity contribution is 7.16. The summed E-state index contributed by atoms with van der Waals surface area (Å²) in [6, 6.07) is 8.08. The fraction of sp³-hybridized carbons (Fsp3) is 0.227. The van der Waals surface area contributed by atoms with Gasteiger partial charge in [-0.2, -0.15) is 5.10 Å². The van der Waals surface area contributed by atoms with Crippen molar-refractivity contribution < 1.29 is 24.9 Å². The maximum absolute atomic E-state index is 12.5. The van der Waals surface area contributed by atoms with Crippen LogP contribution < -0.4 is 5.43 Å². The lowest BCUT2D eigenvalue weighted by Gasteiger charge is -2.13. The Hall–Kier alpha value is -2.47. The number of hydrogen-bond donors (Lipinski definition) is 4. The average Bonchev–Trinajstić information content (AvgIpc) is 3.53. The summed E-state index contributed by atoms with van der Waals surface area (Å²) in [7, 11) is 0. The van der Waals surface area contributed by atoms with Crippen LogP contribution in [0.4, 0.5) is 0 Å². The van der Waals surface area contributed by atoms with Crippen LogP contribution in [0.1, 0.15) is 31.8 Å². The third-order valence-corrected chi connectivity index (χ3v) is 8.08. The summed E-state index contributed by atoms with van der Waals surface area (Å²) in [5, 5.41) is 36.5. The lowest BCUT2D eigenvalue weighted by Crippen LogP contribution is -2.29. The van der Waals surface area contributed by atoms with E-state index in [9.17, 15) is 24.9 Å². The Morgan fingerprint density at radius 1 is 1.09 bits per heavy atom. The minimum atomic E-state index is -0.977. The minimum Gasteiger partial charge on any atom is -0.506 e. The van der Waals surface area contributed by atoms with Crippen LogP contribution in [0.15, 0.2) is 40.8 Å². The van der Waals surface area contributed by atoms with Crippen LogP contribution >= 0.6 is 45.9 Å². The molecule has 2 unspecified atom stereocenters. The van der Waals surface area contributed by atoms with Gasteiger partial charge in [-0.05, 0) is 36.8 Å². The van der Waals surface area contributed by atoms with E-state index in [0.717, 1.165) is 11.3 Å². The van der Waals surface area contributed by atoms with Gasteiger partial charge in [-0.15, -0.1) is 22.7 Å². The predicted octanol–water partition coefficient (Wildman–Crippen LogP) is 3.82. The predicted molar refractivity (Wildman–Crippen MR) is 133 cm³/mol. The van der Waals surface area contributed by atoms with Crippen molar-refractivity contribution in [2.24, 2.45) is 5.10 Å². The Labute approximate surface area is 212 Å². The third-order valence-electron chi connectivity index (χ3n) is 5.25. The second kappa shape index (κ2) is 10.0. The molecule has 0 radical (unpaired) electrons. The molecule has 3 aromatic rings. The highest BCUT2D eigenvalue weighted by atomic mass is 35.5. The number of amides is 2. The van der Waals surface area contributed by atoms with Gasteiger partial charge in [-0.1, -0.05) is 29.3 Å². The van der Waals surface area contributed by atoms with Crippen molar-refractivity contribution in [1.82, 2.24) is 10.3 Å². The van der Waals surface area contributed by atoms with Gasteiger partial charge in [-0.3, -0.25) is 9.59 Å². The zero-order valence-corrected chi connectivity index (χ0v) is 20.8. The molecule has 0 bridgehead atoms. The van der Waals surface area contributed by atoms with Crippen LogP contribution in [0.2, 0.25) is 10.0 Å². The second-order valence-corrected chi connectivity index (χ2v) is 10.4. The number of carbonyl (C=O) groups excluding carboxylic acids is 2. The SMILES string of the molecule is C/C(=N\NC(=O)c1ccc(C(=O)N2CC(O)C(O)C2)s1)c1csc(-c2ccc(Cl)c(Cl)c2)c1O. The monoisotopic (exact) mass is 539 g/mol. The van der Waals surface area contributed by atoms with Crippen molar-refractivity contribution in [2.45, 2.75) is 19.1 Å². The van der Waals surface area contributed by atoms with Gasteiger partial charge in [0.2, 0.25) is 0 Å². The van der Waals surface area contributed by atoms with Crippen molar-refractivity contribution >= 4 is 63.4 Å². The lowest BCUT2D eigenvalue weighted by molar-refractivity contribution is 0.0572. The number of aliphatic hydroxyl groups is 2. The highest BCUT2D eigenvalue weighted by Gasteiger charge is 2.33. The van der Waals surface area contributed by atoms with E-state index in [1.54, 1.807) is 30.5 Å². The Balaban J connectivity index is 1.44. The third kappa shape index (κ3) is 4.97. The maximum atomic E-state index is 12.5. The molecule has 12 heteroatoms. The van der Waals surface area contributed by atoms with E-state index in [-0.39, 0.29) is 29.6 Å². The van der Waals surface area contributed by atoms with Gasteiger partial charge < -0.3 is 20.2 Å². The molecule has 1 fully saturated rings. The molecule has 34 heavy (non-hydrogen) atoms. The number of likely N-dealkylation sites (tertiary alicyclic amines) is 1. The van der Waals surface area contributed by atoms with E-state index in [1.807, 2.05) is 0 Å². The number of hydrazone groups is 1. The Bertz CT molecular complexity index is 1280. The average molecular weight is 540 g/mol. The quantitative estimate of drug-likeness (QED) is 0.290. The van der Waals surface area contributed by atoms with Gasteiger partial charge in [0.25, 0.3) is 11.8 Å². The first-order chi connectivity index (χ1) is 16.2. The number of β-amino-alcohol motifs (C(OH)–C–C–N with tert-alkyl or cyclic N) is 2. The topological polar surface area (TPSA) is 122 Å². The highest BCUT2D eigenvalue weighted by Crippen LogP contribution is 2.40. The number of thiophene rings is 2. The molecule has 4 rings (SSSR count). The fourth-order valence-corrected chi connectivity index (χ4v) is 5.53. The van der Waals surface area contributed by atoms with E-state index in [1.165, 1.54) is 28.4 Å². The Kier molecular flexibility index (Phi) is 7.27. The number of hydrogen-bond acceptors (Lipinski definition) is 8. The van der Waals surface area contributed by atoms with Gasteiger partial charge in [-0.25, -0.2) is 5.43 Å². The first-order valence-electron chi connectivity index (χ1n) is 10.0. The van der Waals surface area contributed by atoms with Crippen LogP contribution in [0.3, 0.4) is 0 Å². The molecule has 8 nitrogen and oxygen atoms in total. The summed E-state index contributed by atoms with van der Waals surface area (Å²) < 4.78 is 0. The zero-order chi connectivity index (χ0) is 24.6. The van der Waals surface area contributed by atoms with Gasteiger partial charge >= 0.3 is 0 Å². The summed E-state index contributed by atoms with van der Waals surface area (Å²) in [5.74, 6) is -0.862. The molecule has 0 aliphatic carbocycles. The van der Waals surface area contributed by atoms with Crippen molar-refractivity contribution in [3.63, 3.8) is 0 Å². The molecule has 0 saturated carbocycles.